The highest BCUT2D eigenvalue weighted by molar-refractivity contribution is 5.43. The SMILES string of the molecule is CCC(N)Cc1ccc(OC)c(OCOCC(F)(F)F)c1. The van der Waals surface area contributed by atoms with E-state index >= 15 is 0 Å². The molecule has 4 nitrogen and oxygen atoms in total. The van der Waals surface area contributed by atoms with Gasteiger partial charge in [0.25, 0.3) is 0 Å². The van der Waals surface area contributed by atoms with Gasteiger partial charge in [0, 0.05) is 6.04 Å². The Hall–Kier alpha value is -1.47. The van der Waals surface area contributed by atoms with Crippen molar-refractivity contribution < 1.29 is 27.4 Å². The van der Waals surface area contributed by atoms with Crippen LogP contribution < -0.4 is 15.2 Å². The predicted molar refractivity (Wildman–Crippen MR) is 72.5 cm³/mol. The maximum absolute atomic E-state index is 12.0. The molecule has 0 aliphatic rings. The lowest BCUT2D eigenvalue weighted by Gasteiger charge is -2.14. The van der Waals surface area contributed by atoms with Gasteiger partial charge in [-0.2, -0.15) is 13.2 Å². The predicted octanol–water partition coefficient (Wildman–Crippen LogP) is 2.89. The van der Waals surface area contributed by atoms with Crippen LogP contribution in [-0.2, 0) is 11.2 Å². The highest BCUT2D eigenvalue weighted by Gasteiger charge is 2.27. The largest absolute Gasteiger partial charge is 0.493 e. The fourth-order valence-electron chi connectivity index (χ4n) is 1.67. The lowest BCUT2D eigenvalue weighted by atomic mass is 10.0. The Morgan fingerprint density at radius 2 is 1.95 bits per heavy atom. The molecule has 120 valence electrons. The first-order valence-electron chi connectivity index (χ1n) is 6.55. The molecular weight excluding hydrogens is 287 g/mol. The van der Waals surface area contributed by atoms with E-state index in [-0.39, 0.29) is 6.04 Å². The Bertz CT molecular complexity index is 438. The lowest BCUT2D eigenvalue weighted by Crippen LogP contribution is -2.21. The summed E-state index contributed by atoms with van der Waals surface area (Å²) < 4.78 is 50.6. The Kier molecular flexibility index (Phi) is 6.77. The molecule has 0 spiro atoms. The number of hydrogen-bond donors (Lipinski definition) is 1. The van der Waals surface area contributed by atoms with Gasteiger partial charge in [-0.05, 0) is 30.5 Å². The van der Waals surface area contributed by atoms with Crippen molar-refractivity contribution in [3.63, 3.8) is 0 Å². The van der Waals surface area contributed by atoms with Crippen molar-refractivity contribution in [3.8, 4) is 11.5 Å². The van der Waals surface area contributed by atoms with Gasteiger partial charge in [-0.1, -0.05) is 13.0 Å². The highest BCUT2D eigenvalue weighted by atomic mass is 19.4. The molecule has 0 saturated carbocycles. The van der Waals surface area contributed by atoms with E-state index in [9.17, 15) is 13.2 Å². The van der Waals surface area contributed by atoms with Gasteiger partial charge in [-0.25, -0.2) is 0 Å². The normalized spacial score (nSPS) is 13.0. The van der Waals surface area contributed by atoms with Crippen molar-refractivity contribution in [1.82, 2.24) is 0 Å². The second-order valence-corrected chi connectivity index (χ2v) is 4.58. The van der Waals surface area contributed by atoms with E-state index in [1.54, 1.807) is 12.1 Å². The van der Waals surface area contributed by atoms with Crippen molar-refractivity contribution in [3.05, 3.63) is 23.8 Å². The Balaban J connectivity index is 2.63. The van der Waals surface area contributed by atoms with Gasteiger partial charge in [0.1, 0.15) is 6.61 Å². The molecular formula is C14H20F3NO3. The van der Waals surface area contributed by atoms with E-state index in [1.165, 1.54) is 7.11 Å². The number of rotatable bonds is 8. The van der Waals surface area contributed by atoms with E-state index in [1.807, 2.05) is 13.0 Å². The average molecular weight is 307 g/mol. The third-order valence-corrected chi connectivity index (χ3v) is 2.81. The molecule has 0 bridgehead atoms. The quantitative estimate of drug-likeness (QED) is 0.593. The molecule has 1 rings (SSSR count). The van der Waals surface area contributed by atoms with Crippen LogP contribution in [0.2, 0.25) is 0 Å². The maximum atomic E-state index is 12.0. The van der Waals surface area contributed by atoms with Gasteiger partial charge < -0.3 is 19.9 Å². The maximum Gasteiger partial charge on any atom is 0.411 e. The van der Waals surface area contributed by atoms with Gasteiger partial charge in [-0.3, -0.25) is 0 Å². The van der Waals surface area contributed by atoms with Gasteiger partial charge in [0.05, 0.1) is 7.11 Å². The third-order valence-electron chi connectivity index (χ3n) is 2.81. The van der Waals surface area contributed by atoms with E-state index in [0.717, 1.165) is 12.0 Å². The summed E-state index contributed by atoms with van der Waals surface area (Å²) >= 11 is 0. The molecule has 0 aliphatic heterocycles. The number of halogens is 3. The standard InChI is InChI=1S/C14H20F3NO3/c1-3-11(18)6-10-4-5-12(19-2)13(7-10)21-9-20-8-14(15,16)17/h4-5,7,11H,3,6,8-9,18H2,1-2H3. The van der Waals surface area contributed by atoms with E-state index in [0.29, 0.717) is 17.9 Å². The van der Waals surface area contributed by atoms with Crippen molar-refractivity contribution in [2.24, 2.45) is 5.73 Å². The molecule has 0 saturated heterocycles. The molecule has 0 aromatic heterocycles. The van der Waals surface area contributed by atoms with E-state index in [2.05, 4.69) is 4.74 Å². The zero-order valence-corrected chi connectivity index (χ0v) is 12.1. The lowest BCUT2D eigenvalue weighted by molar-refractivity contribution is -0.186. The summed E-state index contributed by atoms with van der Waals surface area (Å²) in [5.74, 6) is 0.764. The fourth-order valence-corrected chi connectivity index (χ4v) is 1.67. The summed E-state index contributed by atoms with van der Waals surface area (Å²) in [6.45, 7) is 0.130. The van der Waals surface area contributed by atoms with Crippen LogP contribution in [0, 0.1) is 0 Å². The van der Waals surface area contributed by atoms with E-state index < -0.39 is 19.6 Å². The number of ether oxygens (including phenoxy) is 3. The molecule has 1 aromatic carbocycles. The number of hydrogen-bond acceptors (Lipinski definition) is 4. The number of methoxy groups -OCH3 is 1. The summed E-state index contributed by atoms with van der Waals surface area (Å²) in [5, 5.41) is 0. The first kappa shape index (κ1) is 17.6. The molecule has 21 heavy (non-hydrogen) atoms. The molecule has 0 radical (unpaired) electrons. The second kappa shape index (κ2) is 8.09. The molecule has 2 N–H and O–H groups in total. The first-order valence-corrected chi connectivity index (χ1v) is 6.55. The average Bonchev–Trinajstić information content (AvgIpc) is 2.42. The molecule has 0 amide bonds. The van der Waals surface area contributed by atoms with Crippen LogP contribution in [0.4, 0.5) is 13.2 Å². The zero-order chi connectivity index (χ0) is 15.9. The molecule has 1 unspecified atom stereocenters. The van der Waals surface area contributed by atoms with Gasteiger partial charge in [0.15, 0.2) is 18.3 Å². The third kappa shape index (κ3) is 6.68. The molecule has 0 fully saturated rings. The molecule has 0 heterocycles. The first-order chi connectivity index (χ1) is 9.85. The number of alkyl halides is 3. The van der Waals surface area contributed by atoms with Crippen LogP contribution >= 0.6 is 0 Å². The summed E-state index contributed by atoms with van der Waals surface area (Å²) in [7, 11) is 1.45. The van der Waals surface area contributed by atoms with Crippen LogP contribution in [0.5, 0.6) is 11.5 Å². The molecule has 7 heteroatoms. The van der Waals surface area contributed by atoms with E-state index in [4.69, 9.17) is 15.2 Å². The summed E-state index contributed by atoms with van der Waals surface area (Å²) in [4.78, 5) is 0. The van der Waals surface area contributed by atoms with Crippen LogP contribution in [-0.4, -0.2) is 32.7 Å². The smallest absolute Gasteiger partial charge is 0.411 e. The summed E-state index contributed by atoms with van der Waals surface area (Å²) in [6, 6.07) is 5.26. The topological polar surface area (TPSA) is 53.7 Å². The van der Waals surface area contributed by atoms with Gasteiger partial charge in [0.2, 0.25) is 0 Å². The highest BCUT2D eigenvalue weighted by Crippen LogP contribution is 2.28. The van der Waals surface area contributed by atoms with Crippen molar-refractivity contribution >= 4 is 0 Å². The molecule has 0 aliphatic carbocycles. The van der Waals surface area contributed by atoms with Crippen molar-refractivity contribution in [1.29, 1.82) is 0 Å². The van der Waals surface area contributed by atoms with Crippen LogP contribution in [0.1, 0.15) is 18.9 Å². The second-order valence-electron chi connectivity index (χ2n) is 4.58. The Labute approximate surface area is 122 Å². The van der Waals surface area contributed by atoms with Gasteiger partial charge >= 0.3 is 6.18 Å². The minimum absolute atomic E-state index is 0.0210. The molecule has 1 atom stereocenters. The number of nitrogens with two attached hydrogens (primary N) is 1. The summed E-state index contributed by atoms with van der Waals surface area (Å²) in [5.41, 5.74) is 6.80. The minimum Gasteiger partial charge on any atom is -0.493 e. The molecule has 1 aromatic rings. The van der Waals surface area contributed by atoms with Crippen molar-refractivity contribution in [2.75, 3.05) is 20.5 Å². The monoisotopic (exact) mass is 307 g/mol. The minimum atomic E-state index is -4.37. The number of benzene rings is 1. The van der Waals surface area contributed by atoms with Crippen molar-refractivity contribution in [2.45, 2.75) is 32.0 Å². The zero-order valence-electron chi connectivity index (χ0n) is 12.1. The Morgan fingerprint density at radius 3 is 2.52 bits per heavy atom. The van der Waals surface area contributed by atoms with Crippen LogP contribution in [0.25, 0.3) is 0 Å². The fraction of sp³-hybridized carbons (Fsp3) is 0.571. The van der Waals surface area contributed by atoms with Crippen LogP contribution in [0.15, 0.2) is 18.2 Å². The van der Waals surface area contributed by atoms with Gasteiger partial charge in [-0.15, -0.1) is 0 Å². The summed E-state index contributed by atoms with van der Waals surface area (Å²) in [6.07, 6.45) is -2.89. The van der Waals surface area contributed by atoms with Crippen LogP contribution in [0.3, 0.4) is 0 Å². The Morgan fingerprint density at radius 1 is 1.24 bits per heavy atom.